The summed E-state index contributed by atoms with van der Waals surface area (Å²) in [4.78, 5) is 39.6. The lowest BCUT2D eigenvalue weighted by atomic mass is 9.94. The fraction of sp³-hybridized carbons (Fsp3) is 0.316. The van der Waals surface area contributed by atoms with E-state index in [1.165, 1.54) is 6.07 Å². The second-order valence-electron chi connectivity index (χ2n) is 6.83. The first-order valence-electron chi connectivity index (χ1n) is 8.50. The van der Waals surface area contributed by atoms with E-state index in [-0.39, 0.29) is 17.2 Å². The van der Waals surface area contributed by atoms with E-state index in [0.29, 0.717) is 17.9 Å². The van der Waals surface area contributed by atoms with E-state index in [0.717, 1.165) is 0 Å². The summed E-state index contributed by atoms with van der Waals surface area (Å²) in [6.45, 7) is 4.20. The number of rotatable bonds is 7. The van der Waals surface area contributed by atoms with Gasteiger partial charge in [-0.3, -0.25) is 4.79 Å². The van der Waals surface area contributed by atoms with E-state index in [4.69, 9.17) is 10.5 Å². The molecule has 9 nitrogen and oxygen atoms in total. The molecule has 0 saturated heterocycles. The van der Waals surface area contributed by atoms with Gasteiger partial charge in [-0.2, -0.15) is 0 Å². The summed E-state index contributed by atoms with van der Waals surface area (Å²) in [5, 5.41) is 19.1. The number of hydrogen-bond acceptors (Lipinski definition) is 6. The number of carbonyl (C=O) groups is 2. The molecular weight excluding hydrogens is 366 g/mol. The predicted molar refractivity (Wildman–Crippen MR) is 104 cm³/mol. The molecule has 1 aromatic heterocycles. The van der Waals surface area contributed by atoms with Crippen LogP contribution in [0.5, 0.6) is 5.75 Å². The fourth-order valence-corrected chi connectivity index (χ4v) is 2.90. The summed E-state index contributed by atoms with van der Waals surface area (Å²) >= 11 is 0. The predicted octanol–water partition coefficient (Wildman–Crippen LogP) is 1.87. The Morgan fingerprint density at radius 3 is 2.29 bits per heavy atom. The minimum Gasteiger partial charge on any atom is -0.491 e. The standard InChI is InChI=1S/C19H23N3O6/c1-9(2)28-12-6-5-10(7-11(12)8-22(3)4)13-14(18(24)25)16(20)21-17(23)15(13)19(26)27/h5-7,9H,8H2,1-4H3,(H,24,25)(H,26,27)(H3,20,21,23). The molecule has 0 atom stereocenters. The van der Waals surface area contributed by atoms with Crippen molar-refractivity contribution < 1.29 is 24.5 Å². The van der Waals surface area contributed by atoms with Crippen molar-refractivity contribution in [3.05, 3.63) is 45.2 Å². The Bertz CT molecular complexity index is 978. The van der Waals surface area contributed by atoms with Crippen LogP contribution in [0.1, 0.15) is 40.1 Å². The molecule has 5 N–H and O–H groups in total. The monoisotopic (exact) mass is 389 g/mol. The van der Waals surface area contributed by atoms with E-state index in [1.807, 2.05) is 32.8 Å². The largest absolute Gasteiger partial charge is 0.491 e. The summed E-state index contributed by atoms with van der Waals surface area (Å²) in [5.41, 5.74) is 4.29. The molecular formula is C19H23N3O6. The van der Waals surface area contributed by atoms with Gasteiger partial charge in [0.2, 0.25) is 0 Å². The Hall–Kier alpha value is -3.33. The van der Waals surface area contributed by atoms with E-state index < -0.39 is 34.4 Å². The number of nitrogens with one attached hydrogen (secondary N) is 1. The Morgan fingerprint density at radius 1 is 1.18 bits per heavy atom. The van der Waals surface area contributed by atoms with Crippen molar-refractivity contribution >= 4 is 17.8 Å². The molecule has 0 aliphatic rings. The highest BCUT2D eigenvalue weighted by atomic mass is 16.5. The SMILES string of the molecule is CC(C)Oc1ccc(-c2c(C(=O)O)c(N)[nH]c(=O)c2C(=O)O)cc1CN(C)C. The first kappa shape index (κ1) is 21.0. The zero-order valence-electron chi connectivity index (χ0n) is 16.1. The van der Waals surface area contributed by atoms with Crippen LogP contribution in [0.15, 0.2) is 23.0 Å². The highest BCUT2D eigenvalue weighted by Gasteiger charge is 2.27. The van der Waals surface area contributed by atoms with Crippen molar-refractivity contribution in [3.8, 4) is 16.9 Å². The number of aromatic amines is 1. The molecule has 0 amide bonds. The van der Waals surface area contributed by atoms with Crippen molar-refractivity contribution in [2.75, 3.05) is 19.8 Å². The molecule has 1 aromatic carbocycles. The number of benzene rings is 1. The normalized spacial score (nSPS) is 11.1. The van der Waals surface area contributed by atoms with E-state index >= 15 is 0 Å². The van der Waals surface area contributed by atoms with Gasteiger partial charge in [0.05, 0.1) is 6.10 Å². The van der Waals surface area contributed by atoms with Crippen molar-refractivity contribution in [2.45, 2.75) is 26.5 Å². The molecule has 28 heavy (non-hydrogen) atoms. The van der Waals surface area contributed by atoms with Gasteiger partial charge in [0.15, 0.2) is 0 Å². The molecule has 0 bridgehead atoms. The van der Waals surface area contributed by atoms with Crippen molar-refractivity contribution in [3.63, 3.8) is 0 Å². The molecule has 0 saturated carbocycles. The maximum absolute atomic E-state index is 12.2. The van der Waals surface area contributed by atoms with Gasteiger partial charge < -0.3 is 30.6 Å². The minimum absolute atomic E-state index is 0.0915. The number of carboxylic acids is 2. The Morgan fingerprint density at radius 2 is 1.79 bits per heavy atom. The third-order valence-corrected chi connectivity index (χ3v) is 3.87. The van der Waals surface area contributed by atoms with Crippen molar-refractivity contribution in [1.29, 1.82) is 0 Å². The molecule has 9 heteroatoms. The van der Waals surface area contributed by atoms with Gasteiger partial charge in [-0.1, -0.05) is 6.07 Å². The lowest BCUT2D eigenvalue weighted by Gasteiger charge is -2.19. The van der Waals surface area contributed by atoms with Gasteiger partial charge >= 0.3 is 11.9 Å². The van der Waals surface area contributed by atoms with Crippen LogP contribution >= 0.6 is 0 Å². The number of ether oxygens (including phenoxy) is 1. The maximum atomic E-state index is 12.2. The summed E-state index contributed by atoms with van der Waals surface area (Å²) in [6, 6.07) is 4.76. The van der Waals surface area contributed by atoms with Crippen LogP contribution in [-0.4, -0.2) is 52.2 Å². The Labute approximate surface area is 161 Å². The number of pyridine rings is 1. The molecule has 2 rings (SSSR count). The molecule has 0 fully saturated rings. The topological polar surface area (TPSA) is 146 Å². The average Bonchev–Trinajstić information content (AvgIpc) is 2.53. The maximum Gasteiger partial charge on any atom is 0.342 e. The highest BCUT2D eigenvalue weighted by molar-refractivity contribution is 6.07. The summed E-state index contributed by atoms with van der Waals surface area (Å²) in [5.74, 6) is -2.81. The van der Waals surface area contributed by atoms with E-state index in [1.54, 1.807) is 12.1 Å². The molecule has 0 aliphatic heterocycles. The molecule has 0 radical (unpaired) electrons. The number of aromatic carboxylic acids is 2. The average molecular weight is 389 g/mol. The lowest BCUT2D eigenvalue weighted by molar-refractivity contribution is 0.0695. The van der Waals surface area contributed by atoms with E-state index in [2.05, 4.69) is 4.98 Å². The van der Waals surface area contributed by atoms with Gasteiger partial charge in [0.1, 0.15) is 22.7 Å². The second kappa shape index (κ2) is 8.13. The number of anilines is 1. The van der Waals surface area contributed by atoms with Gasteiger partial charge in [-0.05, 0) is 45.6 Å². The lowest BCUT2D eigenvalue weighted by Crippen LogP contribution is -2.24. The van der Waals surface area contributed by atoms with Crippen LogP contribution in [-0.2, 0) is 6.54 Å². The number of H-pyrrole nitrogens is 1. The molecule has 0 spiro atoms. The number of nitrogens with zero attached hydrogens (tertiary/aromatic N) is 1. The van der Waals surface area contributed by atoms with Crippen LogP contribution in [0.4, 0.5) is 5.82 Å². The van der Waals surface area contributed by atoms with Crippen LogP contribution in [0.2, 0.25) is 0 Å². The summed E-state index contributed by atoms with van der Waals surface area (Å²) in [7, 11) is 3.70. The summed E-state index contributed by atoms with van der Waals surface area (Å²) in [6.07, 6.45) is -0.0915. The molecule has 0 unspecified atom stereocenters. The number of nitrogen functional groups attached to an aromatic ring is 1. The number of hydrogen-bond donors (Lipinski definition) is 4. The van der Waals surface area contributed by atoms with Crippen molar-refractivity contribution in [1.82, 2.24) is 9.88 Å². The van der Waals surface area contributed by atoms with Crippen LogP contribution < -0.4 is 16.0 Å². The number of aromatic nitrogens is 1. The van der Waals surface area contributed by atoms with Gasteiger partial charge in [-0.25, -0.2) is 9.59 Å². The molecule has 0 aliphatic carbocycles. The highest BCUT2D eigenvalue weighted by Crippen LogP contribution is 2.33. The number of carboxylic acid groups (broad SMARTS) is 2. The smallest absolute Gasteiger partial charge is 0.342 e. The molecule has 1 heterocycles. The van der Waals surface area contributed by atoms with Gasteiger partial charge in [0, 0.05) is 17.7 Å². The van der Waals surface area contributed by atoms with Crippen LogP contribution in [0.25, 0.3) is 11.1 Å². The fourth-order valence-electron chi connectivity index (χ4n) is 2.90. The van der Waals surface area contributed by atoms with Gasteiger partial charge in [-0.15, -0.1) is 0 Å². The third-order valence-electron chi connectivity index (χ3n) is 3.87. The zero-order chi connectivity index (χ0) is 21.2. The quantitative estimate of drug-likeness (QED) is 0.561. The van der Waals surface area contributed by atoms with E-state index in [9.17, 15) is 24.6 Å². The van der Waals surface area contributed by atoms with Crippen molar-refractivity contribution in [2.24, 2.45) is 0 Å². The Kier molecular flexibility index (Phi) is 6.09. The van der Waals surface area contributed by atoms with Crippen LogP contribution in [0.3, 0.4) is 0 Å². The van der Waals surface area contributed by atoms with Crippen LogP contribution in [0, 0.1) is 0 Å². The summed E-state index contributed by atoms with van der Waals surface area (Å²) < 4.78 is 5.79. The second-order valence-corrected chi connectivity index (χ2v) is 6.83. The zero-order valence-corrected chi connectivity index (χ0v) is 16.1. The van der Waals surface area contributed by atoms with Gasteiger partial charge in [0.25, 0.3) is 5.56 Å². The minimum atomic E-state index is -1.55. The first-order chi connectivity index (χ1) is 13.0. The molecule has 150 valence electrons. The Balaban J connectivity index is 2.85. The third kappa shape index (κ3) is 4.32. The number of nitrogens with two attached hydrogens (primary N) is 1. The first-order valence-corrected chi connectivity index (χ1v) is 8.50. The molecule has 2 aromatic rings.